The van der Waals surface area contributed by atoms with Crippen molar-refractivity contribution in [2.24, 2.45) is 0 Å². The van der Waals surface area contributed by atoms with Gasteiger partial charge in [-0.25, -0.2) is 8.42 Å². The maximum atomic E-state index is 13.3. The van der Waals surface area contributed by atoms with E-state index in [1.807, 2.05) is 0 Å². The molecular formula is C17H20N2O4S. The fourth-order valence-corrected chi connectivity index (χ4v) is 4.68. The zero-order chi connectivity index (χ0) is 17.3. The molecule has 0 amide bonds. The summed E-state index contributed by atoms with van der Waals surface area (Å²) in [6.45, 7) is 0.402. The van der Waals surface area contributed by atoms with Crippen molar-refractivity contribution in [3.05, 3.63) is 42.0 Å². The van der Waals surface area contributed by atoms with Gasteiger partial charge in [-0.15, -0.1) is 0 Å². The standard InChI is InChI=1S/C17H20N2O4S/c1-22-12-8-9-16(23-2)17(11-12)24(20,21)19-10-4-5-13-14(18)6-3-7-15(13)19/h3,6-9,11H,4-5,10,18H2,1-2H3. The fraction of sp³-hybridized carbons (Fsp3) is 0.294. The highest BCUT2D eigenvalue weighted by Gasteiger charge is 2.32. The molecule has 6 nitrogen and oxygen atoms in total. The zero-order valence-corrected chi connectivity index (χ0v) is 14.5. The minimum Gasteiger partial charge on any atom is -0.497 e. The lowest BCUT2D eigenvalue weighted by molar-refractivity contribution is 0.392. The molecule has 0 spiro atoms. The predicted octanol–water partition coefficient (Wildman–Crippen LogP) is 2.43. The highest BCUT2D eigenvalue weighted by molar-refractivity contribution is 7.93. The molecule has 7 heteroatoms. The van der Waals surface area contributed by atoms with Crippen LogP contribution in [0.4, 0.5) is 11.4 Å². The van der Waals surface area contributed by atoms with Gasteiger partial charge in [-0.2, -0.15) is 0 Å². The van der Waals surface area contributed by atoms with Gasteiger partial charge in [-0.05, 0) is 42.7 Å². The molecule has 0 aliphatic carbocycles. The monoisotopic (exact) mass is 348 g/mol. The van der Waals surface area contributed by atoms with Crippen LogP contribution in [0.2, 0.25) is 0 Å². The molecule has 0 saturated carbocycles. The van der Waals surface area contributed by atoms with Gasteiger partial charge in [0.15, 0.2) is 0 Å². The summed E-state index contributed by atoms with van der Waals surface area (Å²) in [6.07, 6.45) is 1.48. The van der Waals surface area contributed by atoms with E-state index in [4.69, 9.17) is 15.2 Å². The second kappa shape index (κ2) is 6.24. The Balaban J connectivity index is 2.15. The van der Waals surface area contributed by atoms with Crippen LogP contribution >= 0.6 is 0 Å². The minimum absolute atomic E-state index is 0.0830. The maximum Gasteiger partial charge on any atom is 0.268 e. The Labute approximate surface area is 141 Å². The summed E-state index contributed by atoms with van der Waals surface area (Å²) in [5.41, 5.74) is 8.14. The lowest BCUT2D eigenvalue weighted by atomic mass is 10.0. The Morgan fingerprint density at radius 3 is 2.62 bits per heavy atom. The summed E-state index contributed by atoms with van der Waals surface area (Å²) >= 11 is 0. The zero-order valence-electron chi connectivity index (χ0n) is 13.7. The van der Waals surface area contributed by atoms with Gasteiger partial charge >= 0.3 is 0 Å². The molecule has 0 saturated heterocycles. The molecule has 24 heavy (non-hydrogen) atoms. The topological polar surface area (TPSA) is 81.9 Å². The summed E-state index contributed by atoms with van der Waals surface area (Å²) in [5, 5.41) is 0. The van der Waals surface area contributed by atoms with Crippen LogP contribution < -0.4 is 19.5 Å². The number of nitrogen functional groups attached to an aromatic ring is 1. The molecule has 1 heterocycles. The number of anilines is 2. The smallest absolute Gasteiger partial charge is 0.268 e. The number of fused-ring (bicyclic) bond motifs is 1. The Bertz CT molecular complexity index is 865. The first-order valence-corrected chi connectivity index (χ1v) is 9.05. The summed E-state index contributed by atoms with van der Waals surface area (Å²) in [4.78, 5) is 0.0830. The quantitative estimate of drug-likeness (QED) is 0.858. The lowest BCUT2D eigenvalue weighted by Gasteiger charge is -2.31. The summed E-state index contributed by atoms with van der Waals surface area (Å²) in [6, 6.07) is 10.1. The molecule has 3 rings (SSSR count). The van der Waals surface area contributed by atoms with E-state index in [0.717, 1.165) is 12.0 Å². The third kappa shape index (κ3) is 2.65. The average molecular weight is 348 g/mol. The van der Waals surface area contributed by atoms with Crippen molar-refractivity contribution in [2.45, 2.75) is 17.7 Å². The SMILES string of the molecule is COc1ccc(OC)c(S(=O)(=O)N2CCCc3c(N)cccc32)c1. The van der Waals surface area contributed by atoms with E-state index in [1.54, 1.807) is 30.3 Å². The third-order valence-corrected chi connectivity index (χ3v) is 6.02. The highest BCUT2D eigenvalue weighted by atomic mass is 32.2. The van der Waals surface area contributed by atoms with Crippen LogP contribution in [0.5, 0.6) is 11.5 Å². The van der Waals surface area contributed by atoms with Gasteiger partial charge in [0.2, 0.25) is 0 Å². The Kier molecular flexibility index (Phi) is 4.28. The number of rotatable bonds is 4. The summed E-state index contributed by atoms with van der Waals surface area (Å²) < 4.78 is 38.3. The molecule has 2 aromatic carbocycles. The van der Waals surface area contributed by atoms with Gasteiger partial charge in [0.1, 0.15) is 16.4 Å². The van der Waals surface area contributed by atoms with Gasteiger partial charge in [0.05, 0.1) is 19.9 Å². The number of ether oxygens (including phenoxy) is 2. The van der Waals surface area contributed by atoms with E-state index in [9.17, 15) is 8.42 Å². The number of nitrogens with zero attached hydrogens (tertiary/aromatic N) is 1. The van der Waals surface area contributed by atoms with Crippen molar-refractivity contribution in [2.75, 3.05) is 30.8 Å². The average Bonchev–Trinajstić information content (AvgIpc) is 2.61. The van der Waals surface area contributed by atoms with E-state index >= 15 is 0 Å². The van der Waals surface area contributed by atoms with Crippen LogP contribution in [-0.2, 0) is 16.4 Å². The number of benzene rings is 2. The Hall–Kier alpha value is -2.41. The molecule has 128 valence electrons. The van der Waals surface area contributed by atoms with Crippen LogP contribution in [0, 0.1) is 0 Å². The van der Waals surface area contributed by atoms with Crippen molar-refractivity contribution >= 4 is 21.4 Å². The molecule has 0 bridgehead atoms. The predicted molar refractivity (Wildman–Crippen MR) is 93.3 cm³/mol. The van der Waals surface area contributed by atoms with Crippen LogP contribution in [-0.4, -0.2) is 29.2 Å². The van der Waals surface area contributed by atoms with Crippen molar-refractivity contribution in [3.63, 3.8) is 0 Å². The largest absolute Gasteiger partial charge is 0.497 e. The molecule has 0 radical (unpaired) electrons. The second-order valence-electron chi connectivity index (χ2n) is 5.54. The molecule has 1 aliphatic rings. The van der Waals surface area contributed by atoms with E-state index < -0.39 is 10.0 Å². The van der Waals surface area contributed by atoms with Crippen LogP contribution in [0.15, 0.2) is 41.3 Å². The molecule has 0 atom stereocenters. The molecule has 1 aliphatic heterocycles. The normalized spacial score (nSPS) is 14.2. The van der Waals surface area contributed by atoms with Crippen LogP contribution in [0.1, 0.15) is 12.0 Å². The Morgan fingerprint density at radius 1 is 1.12 bits per heavy atom. The molecule has 0 fully saturated rings. The van der Waals surface area contributed by atoms with Crippen LogP contribution in [0.25, 0.3) is 0 Å². The number of sulfonamides is 1. The van der Waals surface area contributed by atoms with Gasteiger partial charge in [0, 0.05) is 18.3 Å². The van der Waals surface area contributed by atoms with Gasteiger partial charge in [-0.3, -0.25) is 4.31 Å². The Morgan fingerprint density at radius 2 is 1.92 bits per heavy atom. The molecule has 2 N–H and O–H groups in total. The van der Waals surface area contributed by atoms with E-state index in [-0.39, 0.29) is 10.6 Å². The number of hydrogen-bond donors (Lipinski definition) is 1. The van der Waals surface area contributed by atoms with Crippen molar-refractivity contribution in [3.8, 4) is 11.5 Å². The van der Waals surface area contributed by atoms with Crippen molar-refractivity contribution in [1.29, 1.82) is 0 Å². The molecule has 0 unspecified atom stereocenters. The highest BCUT2D eigenvalue weighted by Crippen LogP contribution is 2.38. The lowest BCUT2D eigenvalue weighted by Crippen LogP contribution is -2.36. The third-order valence-electron chi connectivity index (χ3n) is 4.18. The maximum absolute atomic E-state index is 13.3. The fourth-order valence-electron chi connectivity index (χ4n) is 2.97. The summed E-state index contributed by atoms with van der Waals surface area (Å²) in [7, 11) is -0.852. The van der Waals surface area contributed by atoms with E-state index in [1.165, 1.54) is 24.6 Å². The van der Waals surface area contributed by atoms with Gasteiger partial charge < -0.3 is 15.2 Å². The van der Waals surface area contributed by atoms with Gasteiger partial charge in [-0.1, -0.05) is 6.07 Å². The second-order valence-corrected chi connectivity index (χ2v) is 7.37. The minimum atomic E-state index is -3.79. The van der Waals surface area contributed by atoms with Crippen LogP contribution in [0.3, 0.4) is 0 Å². The van der Waals surface area contributed by atoms with Crippen molar-refractivity contribution < 1.29 is 17.9 Å². The van der Waals surface area contributed by atoms with Crippen molar-refractivity contribution in [1.82, 2.24) is 0 Å². The number of nitrogens with two attached hydrogens (primary N) is 1. The number of methoxy groups -OCH3 is 2. The van der Waals surface area contributed by atoms with Gasteiger partial charge in [0.25, 0.3) is 10.0 Å². The molecular weight excluding hydrogens is 328 g/mol. The van der Waals surface area contributed by atoms with E-state index in [0.29, 0.717) is 30.1 Å². The molecule has 0 aromatic heterocycles. The van der Waals surface area contributed by atoms with E-state index in [2.05, 4.69) is 0 Å². The first kappa shape index (κ1) is 16.4. The summed E-state index contributed by atoms with van der Waals surface area (Å²) in [5.74, 6) is 0.742. The first-order valence-electron chi connectivity index (χ1n) is 7.61. The number of hydrogen-bond acceptors (Lipinski definition) is 5. The molecule has 2 aromatic rings. The first-order chi connectivity index (χ1) is 11.5.